The predicted octanol–water partition coefficient (Wildman–Crippen LogP) is -5.88. The van der Waals surface area contributed by atoms with Gasteiger partial charge in [-0.2, -0.15) is 0 Å². The topological polar surface area (TPSA) is 380 Å². The molecule has 0 unspecified atom stereocenters. The van der Waals surface area contributed by atoms with Gasteiger partial charge in [-0.25, -0.2) is 4.79 Å². The fourth-order valence-electron chi connectivity index (χ4n) is 5.98. The highest BCUT2D eigenvalue weighted by Crippen LogP contribution is 2.15. The lowest BCUT2D eigenvalue weighted by Crippen LogP contribution is -2.57. The number of hydrogen-bond donors (Lipinski definition) is 17. The van der Waals surface area contributed by atoms with E-state index in [1.165, 1.54) is 11.9 Å². The molecule has 340 valence electrons. The lowest BCUT2D eigenvalue weighted by molar-refractivity contribution is -0.132. The lowest BCUT2D eigenvalue weighted by Gasteiger charge is -2.33. The summed E-state index contributed by atoms with van der Waals surface area (Å²) in [5.74, 6) is -2.19. The number of carbonyl (C=O) groups is 4. The number of hydrogen-bond acceptors (Lipinski definition) is 17. The summed E-state index contributed by atoms with van der Waals surface area (Å²) < 4.78 is 0. The van der Waals surface area contributed by atoms with E-state index in [4.69, 9.17) is 15.9 Å². The molecule has 1 rings (SSSR count). The molecule has 0 aliphatic heterocycles. The Morgan fingerprint density at radius 2 is 1.17 bits per heavy atom. The minimum absolute atomic E-state index is 0.0456. The average molecular weight is 850 g/mol. The number of anilines is 1. The van der Waals surface area contributed by atoms with Crippen molar-refractivity contribution in [2.45, 2.75) is 120 Å². The number of aliphatic hydroxyl groups excluding tert-OH is 11. The van der Waals surface area contributed by atoms with Gasteiger partial charge < -0.3 is 88.5 Å². The van der Waals surface area contributed by atoms with Gasteiger partial charge in [0.15, 0.2) is 0 Å². The first-order valence-electron chi connectivity index (χ1n) is 19.5. The third-order valence-corrected chi connectivity index (χ3v) is 9.68. The van der Waals surface area contributed by atoms with Crippen molar-refractivity contribution in [2.24, 2.45) is 11.7 Å². The van der Waals surface area contributed by atoms with Crippen molar-refractivity contribution in [3.63, 3.8) is 0 Å². The number of carbonyl (C=O) groups excluding carboxylic acids is 4. The number of nitrogens with two attached hydrogens (primary N) is 1. The maximum atomic E-state index is 13.6. The first kappa shape index (κ1) is 53.4. The molecule has 0 saturated heterocycles. The van der Waals surface area contributed by atoms with E-state index in [1.54, 1.807) is 38.1 Å². The molecule has 0 heterocycles. The Bertz CT molecular complexity index is 1350. The normalized spacial score (nSPS) is 17.4. The summed E-state index contributed by atoms with van der Waals surface area (Å²) in [6, 6.07) is 2.65. The standard InChI is InChI=1S/C37H67N7O15/c1-20(2)29(36(58)42-24(8-6-13-40-37(38)59)35(57)41-22-11-9-21(17-45)10-12-22)43-34(56)23(39-3)7-4-5-14-44(15-25(48)30(52)32(54)27(50)18-46)16-26(49)31(53)33(55)28(51)19-47/h9-12,20,23-33,39,45-55H,4-8,13-19H2,1-3H3,(H,41,57)(H,42,58)(H,43,56)(H3,38,40,59)/t23-,24-,25-,26-,27+,28+,29-,30+,31+,32+,33+/m0/s1. The fourth-order valence-corrected chi connectivity index (χ4v) is 5.98. The lowest BCUT2D eigenvalue weighted by atomic mass is 10.00. The zero-order valence-electron chi connectivity index (χ0n) is 33.8. The van der Waals surface area contributed by atoms with E-state index in [-0.39, 0.29) is 45.4 Å². The smallest absolute Gasteiger partial charge is 0.312 e. The quantitative estimate of drug-likeness (QED) is 0.0321. The summed E-state index contributed by atoms with van der Waals surface area (Å²) >= 11 is 0. The Hall–Kier alpha value is -3.62. The SMILES string of the molecule is CN[C@@H](CCCCN(C[C@H](O)[C@@H](O)[C@H](O)[C@H](O)CO)C[C@H](O)[C@@H](O)[C@H](O)[C@H](O)CO)C(=O)N[C@H](C(=O)N[C@@H](CCCNC(N)=O)C(=O)Nc1ccc(CO)cc1)C(C)C. The van der Waals surface area contributed by atoms with Crippen molar-refractivity contribution in [3.05, 3.63) is 29.8 Å². The van der Waals surface area contributed by atoms with Crippen molar-refractivity contribution in [1.29, 1.82) is 0 Å². The number of nitrogens with one attached hydrogen (secondary N) is 5. The summed E-state index contributed by atoms with van der Waals surface area (Å²) in [6.07, 6.45) is -13.6. The van der Waals surface area contributed by atoms with Gasteiger partial charge in [0.05, 0.1) is 38.1 Å². The van der Waals surface area contributed by atoms with Gasteiger partial charge in [0.25, 0.3) is 0 Å². The summed E-state index contributed by atoms with van der Waals surface area (Å²) in [6.45, 7) is 0.667. The molecular weight excluding hydrogens is 782 g/mol. The molecule has 11 atom stereocenters. The summed E-state index contributed by atoms with van der Waals surface area (Å²) in [5, 5.41) is 122. The third-order valence-electron chi connectivity index (χ3n) is 9.68. The Kier molecular flexibility index (Phi) is 25.3. The van der Waals surface area contributed by atoms with Crippen LogP contribution in [0.2, 0.25) is 0 Å². The molecule has 5 amide bonds. The Balaban J connectivity index is 3.03. The van der Waals surface area contributed by atoms with Gasteiger partial charge in [0.2, 0.25) is 17.7 Å². The number of aliphatic hydroxyl groups is 11. The van der Waals surface area contributed by atoms with Gasteiger partial charge in [-0.3, -0.25) is 19.3 Å². The first-order valence-corrected chi connectivity index (χ1v) is 19.5. The number of rotatable bonds is 30. The van der Waals surface area contributed by atoms with Gasteiger partial charge in [0.1, 0.15) is 48.7 Å². The number of primary amides is 1. The molecule has 22 nitrogen and oxygen atoms in total. The second-order valence-corrected chi connectivity index (χ2v) is 14.8. The van der Waals surface area contributed by atoms with Crippen LogP contribution in [0.5, 0.6) is 0 Å². The second kappa shape index (κ2) is 28.0. The Labute approximate surface area is 343 Å². The number of likely N-dealkylation sites (N-methyl/N-ethyl adjacent to an activating group) is 1. The van der Waals surface area contributed by atoms with Crippen molar-refractivity contribution < 1.29 is 75.3 Å². The van der Waals surface area contributed by atoms with Gasteiger partial charge in [-0.1, -0.05) is 32.4 Å². The highest BCUT2D eigenvalue weighted by molar-refractivity contribution is 5.98. The molecule has 0 bridgehead atoms. The molecule has 1 aromatic carbocycles. The highest BCUT2D eigenvalue weighted by Gasteiger charge is 2.35. The van der Waals surface area contributed by atoms with E-state index in [9.17, 15) is 65.1 Å². The van der Waals surface area contributed by atoms with Crippen LogP contribution in [-0.4, -0.2) is 198 Å². The van der Waals surface area contributed by atoms with Crippen molar-refractivity contribution in [3.8, 4) is 0 Å². The molecule has 22 heteroatoms. The molecule has 0 radical (unpaired) electrons. The van der Waals surface area contributed by atoms with E-state index in [0.717, 1.165) is 0 Å². The molecule has 18 N–H and O–H groups in total. The van der Waals surface area contributed by atoms with Crippen LogP contribution >= 0.6 is 0 Å². The van der Waals surface area contributed by atoms with Crippen LogP contribution in [-0.2, 0) is 21.0 Å². The van der Waals surface area contributed by atoms with Crippen LogP contribution in [0.1, 0.15) is 51.5 Å². The molecule has 0 fully saturated rings. The number of nitrogens with zero attached hydrogens (tertiary/aromatic N) is 1. The number of benzene rings is 1. The fraction of sp³-hybridized carbons (Fsp3) is 0.730. The number of urea groups is 1. The Morgan fingerprint density at radius 1 is 0.661 bits per heavy atom. The largest absolute Gasteiger partial charge is 0.394 e. The van der Waals surface area contributed by atoms with Crippen LogP contribution in [0.25, 0.3) is 0 Å². The van der Waals surface area contributed by atoms with E-state index in [0.29, 0.717) is 17.7 Å². The summed E-state index contributed by atoms with van der Waals surface area (Å²) in [7, 11) is 1.53. The highest BCUT2D eigenvalue weighted by atomic mass is 16.4. The average Bonchev–Trinajstić information content (AvgIpc) is 3.21. The zero-order chi connectivity index (χ0) is 44.8. The van der Waals surface area contributed by atoms with Crippen LogP contribution in [0.15, 0.2) is 24.3 Å². The maximum absolute atomic E-state index is 13.6. The number of amides is 5. The van der Waals surface area contributed by atoms with Gasteiger partial charge in [0, 0.05) is 25.3 Å². The molecule has 59 heavy (non-hydrogen) atoms. The van der Waals surface area contributed by atoms with Crippen molar-refractivity contribution in [1.82, 2.24) is 26.2 Å². The third kappa shape index (κ3) is 19.1. The van der Waals surface area contributed by atoms with Crippen LogP contribution < -0.4 is 32.3 Å². The minimum Gasteiger partial charge on any atom is -0.394 e. The van der Waals surface area contributed by atoms with Gasteiger partial charge in [-0.05, 0) is 62.9 Å². The van der Waals surface area contributed by atoms with Crippen LogP contribution in [0.3, 0.4) is 0 Å². The molecule has 0 spiro atoms. The van der Waals surface area contributed by atoms with Crippen LogP contribution in [0.4, 0.5) is 10.5 Å². The van der Waals surface area contributed by atoms with E-state index in [1.807, 2.05) is 0 Å². The molecule has 0 aliphatic rings. The molecule has 0 aromatic heterocycles. The summed E-state index contributed by atoms with van der Waals surface area (Å²) in [5.41, 5.74) is 6.17. The predicted molar refractivity (Wildman–Crippen MR) is 212 cm³/mol. The van der Waals surface area contributed by atoms with Crippen LogP contribution in [0, 0.1) is 5.92 Å². The van der Waals surface area contributed by atoms with Gasteiger partial charge in [-0.15, -0.1) is 0 Å². The van der Waals surface area contributed by atoms with E-state index in [2.05, 4.69) is 26.6 Å². The maximum Gasteiger partial charge on any atom is 0.312 e. The molecule has 1 aromatic rings. The van der Waals surface area contributed by atoms with Crippen molar-refractivity contribution in [2.75, 3.05) is 51.8 Å². The van der Waals surface area contributed by atoms with Crippen molar-refractivity contribution >= 4 is 29.4 Å². The number of unbranched alkanes of at least 4 members (excludes halogenated alkanes) is 1. The first-order chi connectivity index (χ1) is 27.8. The summed E-state index contributed by atoms with van der Waals surface area (Å²) in [4.78, 5) is 52.9. The van der Waals surface area contributed by atoms with Gasteiger partial charge >= 0.3 is 6.03 Å². The zero-order valence-corrected chi connectivity index (χ0v) is 33.8. The molecule has 0 saturated carbocycles. The minimum atomic E-state index is -1.94. The van der Waals surface area contributed by atoms with E-state index >= 15 is 0 Å². The molecular formula is C37H67N7O15. The van der Waals surface area contributed by atoms with E-state index < -0.39 is 123 Å². The Morgan fingerprint density at radius 3 is 1.63 bits per heavy atom. The molecule has 0 aliphatic carbocycles. The monoisotopic (exact) mass is 849 g/mol. The second-order valence-electron chi connectivity index (χ2n) is 14.8.